The van der Waals surface area contributed by atoms with E-state index in [9.17, 15) is 13.9 Å². The number of nitrogens with one attached hydrogen (secondary N) is 1. The zero-order valence-electron chi connectivity index (χ0n) is 17.9. The Balaban J connectivity index is 1.55. The van der Waals surface area contributed by atoms with Crippen molar-refractivity contribution in [2.24, 2.45) is 0 Å². The van der Waals surface area contributed by atoms with Gasteiger partial charge in [0.2, 0.25) is 0 Å². The minimum atomic E-state index is -0.583. The van der Waals surface area contributed by atoms with Gasteiger partial charge in [-0.2, -0.15) is 0 Å². The number of halogens is 2. The summed E-state index contributed by atoms with van der Waals surface area (Å²) in [7, 11) is 0. The summed E-state index contributed by atoms with van der Waals surface area (Å²) in [6.45, 7) is 5.10. The van der Waals surface area contributed by atoms with Gasteiger partial charge in [0, 0.05) is 18.3 Å². The van der Waals surface area contributed by atoms with Crippen molar-refractivity contribution in [3.63, 3.8) is 0 Å². The van der Waals surface area contributed by atoms with E-state index in [1.807, 2.05) is 32.2 Å². The SMILES string of the molecule is Cc1cn(-c2ccc(-c3cc(C)c(NCc4cc(F)c(C)c(F)c4)nn3)nc2CO)cn1. The second-order valence-corrected chi connectivity index (χ2v) is 7.54. The molecule has 0 aliphatic heterocycles. The fourth-order valence-electron chi connectivity index (χ4n) is 3.31. The van der Waals surface area contributed by atoms with Gasteiger partial charge in [-0.3, -0.25) is 0 Å². The molecule has 3 heterocycles. The molecular weight excluding hydrogens is 414 g/mol. The normalized spacial score (nSPS) is 11.1. The molecule has 3 aromatic heterocycles. The first-order valence-electron chi connectivity index (χ1n) is 10.0. The van der Waals surface area contributed by atoms with Crippen LogP contribution in [0.5, 0.6) is 0 Å². The molecule has 0 saturated heterocycles. The predicted octanol–water partition coefficient (Wildman–Crippen LogP) is 4.03. The fourth-order valence-corrected chi connectivity index (χ4v) is 3.31. The highest BCUT2D eigenvalue weighted by Crippen LogP contribution is 2.23. The molecule has 1 aromatic carbocycles. The summed E-state index contributed by atoms with van der Waals surface area (Å²) in [5, 5.41) is 21.3. The lowest BCUT2D eigenvalue weighted by Crippen LogP contribution is -2.07. The standard InChI is InChI=1S/C23H22F2N6O/c1-13-6-20(19-4-5-22(21(11-32)28-19)31-10-14(2)27-12-31)29-30-23(13)26-9-16-7-17(24)15(3)18(25)8-16/h4-8,10,12,32H,9,11H2,1-3H3,(H,26,30). The van der Waals surface area contributed by atoms with Gasteiger partial charge in [0.05, 0.1) is 35.7 Å². The number of aryl methyl sites for hydroxylation is 2. The number of anilines is 1. The van der Waals surface area contributed by atoms with E-state index in [1.54, 1.807) is 17.0 Å². The molecular formula is C23H22F2N6O. The van der Waals surface area contributed by atoms with Crippen LogP contribution in [0.15, 0.2) is 42.9 Å². The van der Waals surface area contributed by atoms with Crippen LogP contribution in [0.2, 0.25) is 0 Å². The van der Waals surface area contributed by atoms with Crippen LogP contribution in [0, 0.1) is 32.4 Å². The topological polar surface area (TPSA) is 88.8 Å². The third-order valence-electron chi connectivity index (χ3n) is 5.14. The monoisotopic (exact) mass is 436 g/mol. The van der Waals surface area contributed by atoms with Crippen molar-refractivity contribution in [1.82, 2.24) is 24.7 Å². The van der Waals surface area contributed by atoms with Gasteiger partial charge in [0.15, 0.2) is 5.82 Å². The summed E-state index contributed by atoms with van der Waals surface area (Å²) in [6, 6.07) is 8.06. The summed E-state index contributed by atoms with van der Waals surface area (Å²) in [6.07, 6.45) is 3.52. The van der Waals surface area contributed by atoms with Gasteiger partial charge in [-0.25, -0.2) is 18.7 Å². The predicted molar refractivity (Wildman–Crippen MR) is 116 cm³/mol. The van der Waals surface area contributed by atoms with Gasteiger partial charge in [-0.1, -0.05) is 0 Å². The molecule has 0 amide bonds. The smallest absolute Gasteiger partial charge is 0.151 e. The Morgan fingerprint density at radius 1 is 1.00 bits per heavy atom. The minimum Gasteiger partial charge on any atom is -0.390 e. The van der Waals surface area contributed by atoms with Crippen LogP contribution in [0.25, 0.3) is 17.1 Å². The fraction of sp³-hybridized carbons (Fsp3) is 0.217. The van der Waals surface area contributed by atoms with E-state index in [4.69, 9.17) is 0 Å². The van der Waals surface area contributed by atoms with Crippen LogP contribution in [-0.4, -0.2) is 29.8 Å². The number of aromatic nitrogens is 5. The molecule has 0 aliphatic carbocycles. The number of pyridine rings is 1. The first-order valence-corrected chi connectivity index (χ1v) is 10.0. The van der Waals surface area contributed by atoms with Crippen molar-refractivity contribution in [3.8, 4) is 17.1 Å². The van der Waals surface area contributed by atoms with Crippen molar-refractivity contribution in [2.75, 3.05) is 5.32 Å². The van der Waals surface area contributed by atoms with E-state index >= 15 is 0 Å². The second-order valence-electron chi connectivity index (χ2n) is 7.54. The Morgan fingerprint density at radius 3 is 2.38 bits per heavy atom. The number of benzene rings is 1. The summed E-state index contributed by atoms with van der Waals surface area (Å²) in [5.74, 6) is -0.664. The second kappa shape index (κ2) is 8.80. The maximum Gasteiger partial charge on any atom is 0.151 e. The molecule has 32 heavy (non-hydrogen) atoms. The summed E-state index contributed by atoms with van der Waals surface area (Å²) >= 11 is 0. The molecule has 4 rings (SSSR count). The van der Waals surface area contributed by atoms with E-state index in [0.29, 0.717) is 28.5 Å². The van der Waals surface area contributed by atoms with Crippen LogP contribution in [-0.2, 0) is 13.2 Å². The van der Waals surface area contributed by atoms with E-state index < -0.39 is 11.6 Å². The van der Waals surface area contributed by atoms with Gasteiger partial charge >= 0.3 is 0 Å². The first kappa shape index (κ1) is 21.5. The minimum absolute atomic E-state index is 0.00184. The van der Waals surface area contributed by atoms with E-state index in [2.05, 4.69) is 25.5 Å². The van der Waals surface area contributed by atoms with Crippen LogP contribution < -0.4 is 5.32 Å². The Labute approximate surface area is 183 Å². The Bertz CT molecular complexity index is 1260. The highest BCUT2D eigenvalue weighted by Gasteiger charge is 2.12. The number of aliphatic hydroxyl groups excluding tert-OH is 1. The zero-order valence-corrected chi connectivity index (χ0v) is 17.9. The van der Waals surface area contributed by atoms with E-state index in [1.165, 1.54) is 19.1 Å². The highest BCUT2D eigenvalue weighted by atomic mass is 19.1. The van der Waals surface area contributed by atoms with Crippen LogP contribution in [0.4, 0.5) is 14.6 Å². The molecule has 0 aliphatic rings. The number of nitrogens with zero attached hydrogens (tertiary/aromatic N) is 5. The Morgan fingerprint density at radius 2 is 1.75 bits per heavy atom. The summed E-state index contributed by atoms with van der Waals surface area (Å²) in [5.41, 5.74) is 4.46. The van der Waals surface area contributed by atoms with Crippen molar-refractivity contribution in [2.45, 2.75) is 33.9 Å². The Hall–Kier alpha value is -3.72. The van der Waals surface area contributed by atoms with Crippen molar-refractivity contribution >= 4 is 5.82 Å². The number of hydrogen-bond donors (Lipinski definition) is 2. The Kier molecular flexibility index (Phi) is 5.91. The summed E-state index contributed by atoms with van der Waals surface area (Å²) in [4.78, 5) is 8.74. The van der Waals surface area contributed by atoms with Gasteiger partial charge in [-0.15, -0.1) is 10.2 Å². The maximum atomic E-state index is 13.8. The molecule has 0 saturated carbocycles. The molecule has 9 heteroatoms. The molecule has 0 unspecified atom stereocenters. The van der Waals surface area contributed by atoms with Gasteiger partial charge < -0.3 is 15.0 Å². The molecule has 4 aromatic rings. The first-order chi connectivity index (χ1) is 15.4. The molecule has 164 valence electrons. The third-order valence-corrected chi connectivity index (χ3v) is 5.14. The van der Waals surface area contributed by atoms with E-state index in [-0.39, 0.29) is 18.7 Å². The molecule has 0 fully saturated rings. The lowest BCUT2D eigenvalue weighted by atomic mass is 10.1. The number of imidazole rings is 1. The van der Waals surface area contributed by atoms with Crippen molar-refractivity contribution in [3.05, 3.63) is 82.6 Å². The average Bonchev–Trinajstić information content (AvgIpc) is 3.22. The van der Waals surface area contributed by atoms with Gasteiger partial charge in [-0.05, 0) is 62.2 Å². The van der Waals surface area contributed by atoms with Crippen molar-refractivity contribution < 1.29 is 13.9 Å². The highest BCUT2D eigenvalue weighted by molar-refractivity contribution is 5.60. The van der Waals surface area contributed by atoms with Crippen molar-refractivity contribution in [1.29, 1.82) is 0 Å². The molecule has 0 atom stereocenters. The van der Waals surface area contributed by atoms with Gasteiger partial charge in [0.1, 0.15) is 17.3 Å². The lowest BCUT2D eigenvalue weighted by molar-refractivity contribution is 0.276. The maximum absolute atomic E-state index is 13.8. The molecule has 2 N–H and O–H groups in total. The molecule has 0 spiro atoms. The third kappa shape index (κ3) is 4.33. The van der Waals surface area contributed by atoms with Crippen LogP contribution in [0.1, 0.15) is 28.1 Å². The lowest BCUT2D eigenvalue weighted by Gasteiger charge is -2.12. The van der Waals surface area contributed by atoms with Crippen LogP contribution >= 0.6 is 0 Å². The zero-order chi connectivity index (χ0) is 22.8. The average molecular weight is 436 g/mol. The molecule has 0 bridgehead atoms. The quantitative estimate of drug-likeness (QED) is 0.474. The summed E-state index contributed by atoms with van der Waals surface area (Å²) < 4.78 is 29.3. The van der Waals surface area contributed by atoms with Gasteiger partial charge in [0.25, 0.3) is 0 Å². The number of rotatable bonds is 6. The largest absolute Gasteiger partial charge is 0.390 e. The number of aliphatic hydroxyl groups is 1. The number of hydrogen-bond acceptors (Lipinski definition) is 6. The molecule has 7 nitrogen and oxygen atoms in total. The van der Waals surface area contributed by atoms with E-state index in [0.717, 1.165) is 16.9 Å². The molecule has 0 radical (unpaired) electrons. The van der Waals surface area contributed by atoms with Crippen LogP contribution in [0.3, 0.4) is 0 Å².